The van der Waals surface area contributed by atoms with E-state index in [0.29, 0.717) is 22.8 Å². The van der Waals surface area contributed by atoms with Gasteiger partial charge in [0.15, 0.2) is 5.76 Å². The van der Waals surface area contributed by atoms with Gasteiger partial charge in [0.1, 0.15) is 11.5 Å². The fourth-order valence-electron chi connectivity index (χ4n) is 2.26. The summed E-state index contributed by atoms with van der Waals surface area (Å²) >= 11 is 3.42. The van der Waals surface area contributed by atoms with Crippen LogP contribution in [0.5, 0.6) is 11.5 Å². The standard InChI is InChI=1S/C17H13BrO3/c1-10-3-5-15-13(7-10)17(19)16(21-15)9-11-8-12(18)4-6-14(11)20-2/h3-9H,1-2H3/b16-9-. The first-order valence-electron chi connectivity index (χ1n) is 6.47. The van der Waals surface area contributed by atoms with Crippen LogP contribution in [0.1, 0.15) is 21.5 Å². The number of benzene rings is 2. The number of hydrogen-bond acceptors (Lipinski definition) is 3. The van der Waals surface area contributed by atoms with E-state index in [1.54, 1.807) is 13.2 Å². The summed E-state index contributed by atoms with van der Waals surface area (Å²) in [5.74, 6) is 1.50. The molecule has 0 spiro atoms. The van der Waals surface area contributed by atoms with Gasteiger partial charge in [-0.15, -0.1) is 0 Å². The molecule has 0 amide bonds. The smallest absolute Gasteiger partial charge is 0.231 e. The second-order valence-corrected chi connectivity index (χ2v) is 5.74. The first-order chi connectivity index (χ1) is 10.1. The summed E-state index contributed by atoms with van der Waals surface area (Å²) in [5.41, 5.74) is 2.43. The predicted molar refractivity (Wildman–Crippen MR) is 84.8 cm³/mol. The Bertz CT molecular complexity index is 763. The largest absolute Gasteiger partial charge is 0.496 e. The summed E-state index contributed by atoms with van der Waals surface area (Å²) in [4.78, 5) is 12.4. The van der Waals surface area contributed by atoms with Gasteiger partial charge in [-0.1, -0.05) is 27.6 Å². The highest BCUT2D eigenvalue weighted by Gasteiger charge is 2.27. The monoisotopic (exact) mass is 344 g/mol. The second kappa shape index (κ2) is 5.37. The number of ketones is 1. The van der Waals surface area contributed by atoms with Crippen molar-refractivity contribution in [1.82, 2.24) is 0 Å². The molecule has 0 saturated carbocycles. The van der Waals surface area contributed by atoms with Gasteiger partial charge in [-0.25, -0.2) is 0 Å². The van der Waals surface area contributed by atoms with Crippen LogP contribution in [-0.4, -0.2) is 12.9 Å². The Labute approximate surface area is 131 Å². The highest BCUT2D eigenvalue weighted by atomic mass is 79.9. The fourth-order valence-corrected chi connectivity index (χ4v) is 2.64. The lowest BCUT2D eigenvalue weighted by atomic mass is 10.1. The van der Waals surface area contributed by atoms with Crippen molar-refractivity contribution in [3.05, 3.63) is 63.3 Å². The molecule has 2 aromatic rings. The van der Waals surface area contributed by atoms with Crippen LogP contribution >= 0.6 is 15.9 Å². The molecule has 21 heavy (non-hydrogen) atoms. The molecule has 0 aliphatic carbocycles. The van der Waals surface area contributed by atoms with Crippen molar-refractivity contribution < 1.29 is 14.3 Å². The molecule has 0 atom stereocenters. The number of aryl methyl sites for hydroxylation is 1. The molecule has 0 fully saturated rings. The fraction of sp³-hybridized carbons (Fsp3) is 0.118. The van der Waals surface area contributed by atoms with E-state index in [0.717, 1.165) is 15.6 Å². The molecule has 0 unspecified atom stereocenters. The molecular formula is C17H13BrO3. The van der Waals surface area contributed by atoms with Crippen molar-refractivity contribution >= 4 is 27.8 Å². The molecule has 3 nitrogen and oxygen atoms in total. The summed E-state index contributed by atoms with van der Waals surface area (Å²) in [6.07, 6.45) is 1.71. The zero-order valence-corrected chi connectivity index (χ0v) is 13.2. The Hall–Kier alpha value is -2.07. The van der Waals surface area contributed by atoms with Crippen LogP contribution < -0.4 is 9.47 Å². The normalized spacial score (nSPS) is 15.0. The number of hydrogen-bond donors (Lipinski definition) is 0. The second-order valence-electron chi connectivity index (χ2n) is 4.83. The predicted octanol–water partition coefficient (Wildman–Crippen LogP) is 4.38. The van der Waals surface area contributed by atoms with E-state index in [1.165, 1.54) is 0 Å². The highest BCUT2D eigenvalue weighted by molar-refractivity contribution is 9.10. The number of methoxy groups -OCH3 is 1. The molecule has 1 heterocycles. The molecule has 0 saturated heterocycles. The zero-order chi connectivity index (χ0) is 15.0. The minimum atomic E-state index is -0.101. The minimum Gasteiger partial charge on any atom is -0.496 e. The summed E-state index contributed by atoms with van der Waals surface area (Å²) in [5, 5.41) is 0. The van der Waals surface area contributed by atoms with E-state index in [-0.39, 0.29) is 5.78 Å². The third-order valence-corrected chi connectivity index (χ3v) is 3.79. The maximum absolute atomic E-state index is 12.4. The molecule has 1 aliphatic heterocycles. The Morgan fingerprint density at radius 1 is 1.19 bits per heavy atom. The van der Waals surface area contributed by atoms with Gasteiger partial charge in [0.25, 0.3) is 0 Å². The Morgan fingerprint density at radius 2 is 2.00 bits per heavy atom. The Morgan fingerprint density at radius 3 is 2.76 bits per heavy atom. The number of fused-ring (bicyclic) bond motifs is 1. The Kier molecular flexibility index (Phi) is 3.55. The number of Topliss-reactive ketones (excluding diaryl/α,β-unsaturated/α-hetero) is 1. The molecule has 0 bridgehead atoms. The minimum absolute atomic E-state index is 0.101. The Balaban J connectivity index is 2.03. The maximum Gasteiger partial charge on any atom is 0.231 e. The summed E-state index contributed by atoms with van der Waals surface area (Å²) < 4.78 is 11.9. The number of carbonyl (C=O) groups excluding carboxylic acids is 1. The summed E-state index contributed by atoms with van der Waals surface area (Å²) in [6.45, 7) is 1.95. The zero-order valence-electron chi connectivity index (χ0n) is 11.6. The molecular weight excluding hydrogens is 332 g/mol. The van der Waals surface area contributed by atoms with Gasteiger partial charge >= 0.3 is 0 Å². The molecule has 106 valence electrons. The van der Waals surface area contributed by atoms with E-state index in [9.17, 15) is 4.79 Å². The van der Waals surface area contributed by atoms with E-state index >= 15 is 0 Å². The van der Waals surface area contributed by atoms with Gasteiger partial charge in [0.05, 0.1) is 12.7 Å². The number of allylic oxidation sites excluding steroid dienone is 1. The van der Waals surface area contributed by atoms with Crippen molar-refractivity contribution in [3.63, 3.8) is 0 Å². The summed E-state index contributed by atoms with van der Waals surface area (Å²) in [6, 6.07) is 11.2. The summed E-state index contributed by atoms with van der Waals surface area (Å²) in [7, 11) is 1.60. The van der Waals surface area contributed by atoms with E-state index < -0.39 is 0 Å². The van der Waals surface area contributed by atoms with Crippen LogP contribution in [0.25, 0.3) is 6.08 Å². The molecule has 3 rings (SSSR count). The van der Waals surface area contributed by atoms with Gasteiger partial charge < -0.3 is 9.47 Å². The van der Waals surface area contributed by atoms with Crippen LogP contribution in [0.4, 0.5) is 0 Å². The van der Waals surface area contributed by atoms with Crippen molar-refractivity contribution in [3.8, 4) is 11.5 Å². The van der Waals surface area contributed by atoms with E-state index in [4.69, 9.17) is 9.47 Å². The molecule has 0 aromatic heterocycles. The number of ether oxygens (including phenoxy) is 2. The lowest BCUT2D eigenvalue weighted by Gasteiger charge is -2.06. The molecule has 0 N–H and O–H groups in total. The number of halogens is 1. The third-order valence-electron chi connectivity index (χ3n) is 3.30. The van der Waals surface area contributed by atoms with Gasteiger partial charge in [-0.05, 0) is 43.3 Å². The van der Waals surface area contributed by atoms with Crippen LogP contribution in [0.15, 0.2) is 46.6 Å². The van der Waals surface area contributed by atoms with Crippen LogP contribution in [0.3, 0.4) is 0 Å². The van der Waals surface area contributed by atoms with Crippen molar-refractivity contribution in [2.24, 2.45) is 0 Å². The molecule has 1 aliphatic rings. The van der Waals surface area contributed by atoms with Crippen molar-refractivity contribution in [2.75, 3.05) is 7.11 Å². The molecule has 0 radical (unpaired) electrons. The SMILES string of the molecule is COc1ccc(Br)cc1/C=C1\Oc2ccc(C)cc2C1=O. The van der Waals surface area contributed by atoms with E-state index in [2.05, 4.69) is 15.9 Å². The highest BCUT2D eigenvalue weighted by Crippen LogP contribution is 2.34. The van der Waals surface area contributed by atoms with E-state index in [1.807, 2.05) is 43.3 Å². The van der Waals surface area contributed by atoms with Crippen LogP contribution in [0.2, 0.25) is 0 Å². The molecule has 4 heteroatoms. The quantitative estimate of drug-likeness (QED) is 0.758. The van der Waals surface area contributed by atoms with Crippen LogP contribution in [0, 0.1) is 6.92 Å². The maximum atomic E-state index is 12.4. The first-order valence-corrected chi connectivity index (χ1v) is 7.26. The van der Waals surface area contributed by atoms with Gasteiger partial charge in [-0.2, -0.15) is 0 Å². The van der Waals surface area contributed by atoms with Crippen LogP contribution in [-0.2, 0) is 0 Å². The lowest BCUT2D eigenvalue weighted by molar-refractivity contribution is 0.101. The van der Waals surface area contributed by atoms with Gasteiger partial charge in [0.2, 0.25) is 5.78 Å². The topological polar surface area (TPSA) is 35.5 Å². The van der Waals surface area contributed by atoms with Gasteiger partial charge in [-0.3, -0.25) is 4.79 Å². The number of carbonyl (C=O) groups is 1. The first kappa shape index (κ1) is 13.9. The van der Waals surface area contributed by atoms with Gasteiger partial charge in [0, 0.05) is 10.0 Å². The third kappa shape index (κ3) is 2.59. The molecule has 2 aromatic carbocycles. The lowest BCUT2D eigenvalue weighted by Crippen LogP contribution is -1.99. The number of rotatable bonds is 2. The average Bonchev–Trinajstić information content (AvgIpc) is 2.76. The average molecular weight is 345 g/mol. The van der Waals surface area contributed by atoms with Crippen molar-refractivity contribution in [2.45, 2.75) is 6.92 Å². The van der Waals surface area contributed by atoms with Crippen molar-refractivity contribution in [1.29, 1.82) is 0 Å².